The largest absolute Gasteiger partial charge is 0.450 e. The van der Waals surface area contributed by atoms with E-state index in [1.54, 1.807) is 44.4 Å². The summed E-state index contributed by atoms with van der Waals surface area (Å²) in [6.07, 6.45) is 0. The van der Waals surface area contributed by atoms with Gasteiger partial charge < -0.3 is 10.1 Å². The zero-order chi connectivity index (χ0) is 23.0. The van der Waals surface area contributed by atoms with E-state index in [2.05, 4.69) is 5.32 Å². The van der Waals surface area contributed by atoms with Crippen LogP contribution in [0, 0.1) is 10.1 Å². The quantitative estimate of drug-likeness (QED) is 0.354. The van der Waals surface area contributed by atoms with Gasteiger partial charge in [-0.25, -0.2) is 4.79 Å². The summed E-state index contributed by atoms with van der Waals surface area (Å²) in [6, 6.07) is 15.5. The molecule has 1 aromatic heterocycles. The maximum atomic E-state index is 12.6. The third-order valence-electron chi connectivity index (χ3n) is 4.99. The minimum atomic E-state index is -0.581. The molecule has 0 saturated heterocycles. The second-order valence-corrected chi connectivity index (χ2v) is 7.49. The number of hydrogen-bond acceptors (Lipinski definition) is 5. The van der Waals surface area contributed by atoms with Crippen LogP contribution in [0.2, 0.25) is 5.02 Å². The Bertz CT molecular complexity index is 1420. The van der Waals surface area contributed by atoms with Gasteiger partial charge in [0.25, 0.3) is 5.91 Å². The van der Waals surface area contributed by atoms with Crippen molar-refractivity contribution in [3.8, 4) is 11.5 Å². The molecule has 0 fully saturated rings. The van der Waals surface area contributed by atoms with Crippen LogP contribution in [0.4, 0.5) is 11.4 Å². The number of imidazole rings is 1. The van der Waals surface area contributed by atoms with Gasteiger partial charge in [-0.05, 0) is 54.6 Å². The Morgan fingerprint density at radius 1 is 1.00 bits per heavy atom. The van der Waals surface area contributed by atoms with Gasteiger partial charge in [0.1, 0.15) is 5.75 Å². The minimum Gasteiger partial charge on any atom is -0.450 e. The first-order valence-corrected chi connectivity index (χ1v) is 9.81. The number of nitrogens with one attached hydrogen (secondary N) is 1. The van der Waals surface area contributed by atoms with Gasteiger partial charge in [-0.15, -0.1) is 0 Å². The molecule has 0 bridgehead atoms. The Morgan fingerprint density at radius 2 is 1.69 bits per heavy atom. The van der Waals surface area contributed by atoms with E-state index >= 15 is 0 Å². The zero-order valence-electron chi connectivity index (χ0n) is 17.0. The molecule has 4 rings (SSSR count). The monoisotopic (exact) mass is 452 g/mol. The maximum Gasteiger partial charge on any atom is 0.328 e. The summed E-state index contributed by atoms with van der Waals surface area (Å²) in [7, 11) is 3.35. The van der Waals surface area contributed by atoms with Crippen molar-refractivity contribution >= 4 is 39.9 Å². The highest BCUT2D eigenvalue weighted by atomic mass is 35.5. The number of carbonyl (C=O) groups is 1. The van der Waals surface area contributed by atoms with Crippen LogP contribution in [-0.4, -0.2) is 20.0 Å². The average molecular weight is 453 g/mol. The Hall–Kier alpha value is -4.11. The number of aromatic nitrogens is 2. The molecule has 0 atom stereocenters. The second kappa shape index (κ2) is 8.20. The van der Waals surface area contributed by atoms with E-state index in [1.165, 1.54) is 39.5 Å². The number of fused-ring (bicyclic) bond motifs is 1. The van der Waals surface area contributed by atoms with E-state index in [0.717, 1.165) is 5.52 Å². The lowest BCUT2D eigenvalue weighted by atomic mass is 10.2. The third kappa shape index (κ3) is 3.93. The van der Waals surface area contributed by atoms with E-state index in [9.17, 15) is 19.7 Å². The van der Waals surface area contributed by atoms with Gasteiger partial charge in [0.15, 0.2) is 0 Å². The van der Waals surface area contributed by atoms with Gasteiger partial charge in [0.05, 0.1) is 16.0 Å². The molecule has 0 aliphatic rings. The molecule has 3 aromatic carbocycles. The molecule has 0 unspecified atom stereocenters. The molecule has 0 aliphatic heterocycles. The smallest absolute Gasteiger partial charge is 0.328 e. The first-order chi connectivity index (χ1) is 15.2. The summed E-state index contributed by atoms with van der Waals surface area (Å²) >= 11 is 5.81. The highest BCUT2D eigenvalue weighted by Crippen LogP contribution is 2.33. The number of rotatable bonds is 5. The van der Waals surface area contributed by atoms with Crippen LogP contribution in [0.25, 0.3) is 11.0 Å². The van der Waals surface area contributed by atoms with Crippen LogP contribution in [0.3, 0.4) is 0 Å². The predicted molar refractivity (Wildman–Crippen MR) is 121 cm³/mol. The number of anilines is 1. The van der Waals surface area contributed by atoms with Crippen molar-refractivity contribution in [2.45, 2.75) is 0 Å². The van der Waals surface area contributed by atoms with Crippen molar-refractivity contribution < 1.29 is 14.5 Å². The Balaban J connectivity index is 1.52. The van der Waals surface area contributed by atoms with Crippen LogP contribution in [-0.2, 0) is 14.1 Å². The van der Waals surface area contributed by atoms with Crippen molar-refractivity contribution in [2.75, 3.05) is 5.32 Å². The SMILES string of the molecule is Cn1c(=O)n(C)c2cc(NC(=O)c3ccc(Oc4ccc(Cl)cc4[N+](=O)[O-])cc3)ccc21. The molecular formula is C22H17ClN4O5. The third-order valence-corrected chi connectivity index (χ3v) is 5.23. The summed E-state index contributed by atoms with van der Waals surface area (Å²) in [5.41, 5.74) is 1.95. The molecule has 10 heteroatoms. The van der Waals surface area contributed by atoms with Crippen molar-refractivity contribution in [1.29, 1.82) is 0 Å². The Morgan fingerprint density at radius 3 is 2.38 bits per heavy atom. The molecule has 0 saturated carbocycles. The van der Waals surface area contributed by atoms with E-state index in [0.29, 0.717) is 22.5 Å². The number of carbonyl (C=O) groups excluding carboxylic acids is 1. The molecule has 32 heavy (non-hydrogen) atoms. The van der Waals surface area contributed by atoms with Crippen LogP contribution < -0.4 is 15.7 Å². The molecule has 0 aliphatic carbocycles. The molecule has 0 radical (unpaired) electrons. The molecule has 4 aromatic rings. The standard InChI is InChI=1S/C22H17ClN4O5/c1-25-17-9-6-15(12-18(17)26(2)22(25)29)24-21(28)13-3-7-16(8-4-13)32-20-10-5-14(23)11-19(20)27(30)31/h3-12H,1-2H3,(H,24,28). The summed E-state index contributed by atoms with van der Waals surface area (Å²) in [5, 5.41) is 14.2. The second-order valence-electron chi connectivity index (χ2n) is 7.05. The first-order valence-electron chi connectivity index (χ1n) is 9.43. The summed E-state index contributed by atoms with van der Waals surface area (Å²) in [4.78, 5) is 35.3. The fourth-order valence-corrected chi connectivity index (χ4v) is 3.47. The molecule has 1 amide bonds. The summed E-state index contributed by atoms with van der Waals surface area (Å²) < 4.78 is 8.63. The van der Waals surface area contributed by atoms with Crippen LogP contribution in [0.1, 0.15) is 10.4 Å². The normalized spacial score (nSPS) is 10.8. The van der Waals surface area contributed by atoms with Crippen LogP contribution in [0.5, 0.6) is 11.5 Å². The van der Waals surface area contributed by atoms with Gasteiger partial charge in [0.2, 0.25) is 5.75 Å². The molecular weight excluding hydrogens is 436 g/mol. The predicted octanol–water partition coefficient (Wildman–Crippen LogP) is 4.48. The van der Waals surface area contributed by atoms with Gasteiger partial charge in [-0.1, -0.05) is 11.6 Å². The fourth-order valence-electron chi connectivity index (χ4n) is 3.31. The first kappa shape index (κ1) is 21.1. The van der Waals surface area contributed by atoms with Gasteiger partial charge in [-0.3, -0.25) is 24.0 Å². The average Bonchev–Trinajstić information content (AvgIpc) is 2.99. The number of benzene rings is 3. The molecule has 0 spiro atoms. The number of halogens is 1. The van der Waals surface area contributed by atoms with Crippen molar-refractivity contribution in [3.63, 3.8) is 0 Å². The van der Waals surface area contributed by atoms with Gasteiger partial charge in [0, 0.05) is 36.4 Å². The topological polar surface area (TPSA) is 108 Å². The van der Waals surface area contributed by atoms with E-state index in [1.807, 2.05) is 0 Å². The van der Waals surface area contributed by atoms with Gasteiger partial charge >= 0.3 is 11.4 Å². The fraction of sp³-hybridized carbons (Fsp3) is 0.0909. The number of nitro benzene ring substituents is 1. The minimum absolute atomic E-state index is 0.0402. The molecule has 1 heterocycles. The lowest BCUT2D eigenvalue weighted by molar-refractivity contribution is -0.385. The molecule has 9 nitrogen and oxygen atoms in total. The molecule has 162 valence electrons. The zero-order valence-corrected chi connectivity index (χ0v) is 17.8. The number of hydrogen-bond donors (Lipinski definition) is 1. The molecule has 1 N–H and O–H groups in total. The van der Waals surface area contributed by atoms with Crippen molar-refractivity contribution in [1.82, 2.24) is 9.13 Å². The van der Waals surface area contributed by atoms with Crippen molar-refractivity contribution in [3.05, 3.63) is 91.8 Å². The number of aryl methyl sites for hydroxylation is 2. The summed E-state index contributed by atoms with van der Waals surface area (Å²) in [6.45, 7) is 0. The number of ether oxygens (including phenoxy) is 1. The lowest BCUT2D eigenvalue weighted by Crippen LogP contribution is -2.19. The Labute approximate surface area is 186 Å². The lowest BCUT2D eigenvalue weighted by Gasteiger charge is -2.09. The highest BCUT2D eigenvalue weighted by Gasteiger charge is 2.17. The van der Waals surface area contributed by atoms with Gasteiger partial charge in [-0.2, -0.15) is 0 Å². The van der Waals surface area contributed by atoms with Crippen LogP contribution in [0.15, 0.2) is 65.5 Å². The van der Waals surface area contributed by atoms with Crippen LogP contribution >= 0.6 is 11.6 Å². The number of nitro groups is 1. The number of nitrogens with zero attached hydrogens (tertiary/aromatic N) is 3. The van der Waals surface area contributed by atoms with E-state index < -0.39 is 4.92 Å². The maximum absolute atomic E-state index is 12.6. The Kier molecular flexibility index (Phi) is 5.41. The summed E-state index contributed by atoms with van der Waals surface area (Å²) in [5.74, 6) is 0.0142. The van der Waals surface area contributed by atoms with Crippen molar-refractivity contribution in [2.24, 2.45) is 14.1 Å². The highest BCUT2D eigenvalue weighted by molar-refractivity contribution is 6.30. The van der Waals surface area contributed by atoms with E-state index in [-0.39, 0.29) is 28.1 Å². The number of amides is 1. The van der Waals surface area contributed by atoms with E-state index in [4.69, 9.17) is 16.3 Å².